The summed E-state index contributed by atoms with van der Waals surface area (Å²) in [7, 11) is 0. The lowest BCUT2D eigenvalue weighted by Crippen LogP contribution is -2.33. The maximum atomic E-state index is 12.7. The van der Waals surface area contributed by atoms with Crippen molar-refractivity contribution in [3.63, 3.8) is 0 Å². The number of aryl methyl sites for hydroxylation is 2. The topological polar surface area (TPSA) is 117 Å². The molecular formula is C34H27N3O5. The highest BCUT2D eigenvalue weighted by Gasteiger charge is 2.35. The van der Waals surface area contributed by atoms with Crippen LogP contribution in [0.3, 0.4) is 0 Å². The number of benzene rings is 3. The summed E-state index contributed by atoms with van der Waals surface area (Å²) in [5.74, 6) is 12.9. The molecule has 0 bridgehead atoms. The first kappa shape index (κ1) is 27.2. The predicted molar refractivity (Wildman–Crippen MR) is 160 cm³/mol. The molecule has 1 fully saturated rings. The molecule has 0 spiro atoms. The van der Waals surface area contributed by atoms with Gasteiger partial charge < -0.3 is 14.9 Å². The number of pyridine rings is 1. The van der Waals surface area contributed by atoms with Gasteiger partial charge in [0.15, 0.2) is 0 Å². The molecule has 1 aliphatic rings. The van der Waals surface area contributed by atoms with Crippen molar-refractivity contribution >= 4 is 21.5 Å². The monoisotopic (exact) mass is 557 g/mol. The van der Waals surface area contributed by atoms with Gasteiger partial charge in [-0.05, 0) is 47.5 Å². The van der Waals surface area contributed by atoms with Gasteiger partial charge in [0.05, 0.1) is 12.7 Å². The number of ether oxygens (including phenoxy) is 1. The number of hydrogen-bond acceptors (Lipinski definition) is 6. The molecule has 5 aromatic rings. The van der Waals surface area contributed by atoms with E-state index in [4.69, 9.17) is 4.74 Å². The minimum atomic E-state index is -0.931. The summed E-state index contributed by atoms with van der Waals surface area (Å²) in [4.78, 5) is 32.0. The Hall–Kier alpha value is -4.99. The third kappa shape index (κ3) is 5.11. The smallest absolute Gasteiger partial charge is 0.330 e. The van der Waals surface area contributed by atoms with E-state index in [0.29, 0.717) is 0 Å². The van der Waals surface area contributed by atoms with Gasteiger partial charge in [0, 0.05) is 40.7 Å². The molecule has 3 aromatic carbocycles. The molecule has 0 unspecified atom stereocenters. The van der Waals surface area contributed by atoms with Crippen LogP contribution in [0.2, 0.25) is 0 Å². The van der Waals surface area contributed by atoms with Gasteiger partial charge in [0.25, 0.3) is 5.56 Å². The molecule has 208 valence electrons. The van der Waals surface area contributed by atoms with Crippen molar-refractivity contribution in [1.29, 1.82) is 0 Å². The molecule has 3 atom stereocenters. The predicted octanol–water partition coefficient (Wildman–Crippen LogP) is 3.30. The van der Waals surface area contributed by atoms with Crippen molar-refractivity contribution in [2.75, 3.05) is 6.61 Å². The summed E-state index contributed by atoms with van der Waals surface area (Å²) in [5.41, 5.74) is 3.07. The van der Waals surface area contributed by atoms with Crippen LogP contribution in [-0.4, -0.2) is 43.6 Å². The van der Waals surface area contributed by atoms with E-state index in [1.54, 1.807) is 0 Å². The Morgan fingerprint density at radius 2 is 1.45 bits per heavy atom. The Kier molecular flexibility index (Phi) is 7.20. The SMILES string of the molecule is Cc1cc(C#Cc2c3ccccc3c(C#Cc3cn([C@H]4C[C@H](O)[C@@H](CO)O4)c(=O)[nH]c3=O)c3ccccc23)cc(C)n1. The van der Waals surface area contributed by atoms with Crippen LogP contribution in [0.5, 0.6) is 0 Å². The van der Waals surface area contributed by atoms with Crippen molar-refractivity contribution in [3.8, 4) is 23.7 Å². The minimum absolute atomic E-state index is 0.0700. The zero-order chi connectivity index (χ0) is 29.4. The Labute approximate surface area is 241 Å². The second kappa shape index (κ2) is 11.1. The van der Waals surface area contributed by atoms with Crippen molar-refractivity contribution in [1.82, 2.24) is 14.5 Å². The summed E-state index contributed by atoms with van der Waals surface area (Å²) in [5, 5.41) is 23.2. The van der Waals surface area contributed by atoms with E-state index >= 15 is 0 Å². The fourth-order valence-corrected chi connectivity index (χ4v) is 5.41. The van der Waals surface area contributed by atoms with Gasteiger partial charge >= 0.3 is 5.69 Å². The lowest BCUT2D eigenvalue weighted by molar-refractivity contribution is -0.0459. The van der Waals surface area contributed by atoms with Crippen LogP contribution >= 0.6 is 0 Å². The first-order chi connectivity index (χ1) is 20.3. The molecule has 8 nitrogen and oxygen atoms in total. The molecule has 3 N–H and O–H groups in total. The lowest BCUT2D eigenvalue weighted by atomic mass is 9.92. The van der Waals surface area contributed by atoms with E-state index in [9.17, 15) is 19.8 Å². The molecule has 6 rings (SSSR count). The average Bonchev–Trinajstić information content (AvgIpc) is 3.35. The standard InChI is InChI=1S/C34H27N3O5/c1-20-15-22(16-21(2)35-20)11-13-28-24-7-3-5-9-26(24)29(27-10-6-4-8-25(27)28)14-12-23-18-37(34(41)36-33(23)40)32-17-30(39)31(19-38)42-32/h3-10,15-16,18,30-32,38-39H,17,19H2,1-2H3,(H,36,40,41)/t30-,31+,32+/m0/s1. The van der Waals surface area contributed by atoms with Gasteiger partial charge in [-0.15, -0.1) is 0 Å². The number of aliphatic hydroxyl groups excluding tert-OH is 2. The molecule has 0 radical (unpaired) electrons. The van der Waals surface area contributed by atoms with Crippen molar-refractivity contribution < 1.29 is 14.9 Å². The van der Waals surface area contributed by atoms with Crippen LogP contribution in [0.4, 0.5) is 0 Å². The summed E-state index contributed by atoms with van der Waals surface area (Å²) in [6, 6.07) is 19.7. The number of hydrogen-bond donors (Lipinski definition) is 3. The number of fused-ring (bicyclic) bond motifs is 2. The molecule has 3 heterocycles. The Bertz CT molecular complexity index is 2030. The van der Waals surface area contributed by atoms with Crippen LogP contribution in [0.1, 0.15) is 46.3 Å². The van der Waals surface area contributed by atoms with Crippen molar-refractivity contribution in [2.24, 2.45) is 0 Å². The molecule has 0 saturated carbocycles. The molecule has 8 heteroatoms. The number of nitrogens with zero attached hydrogens (tertiary/aromatic N) is 2. The highest BCUT2D eigenvalue weighted by molar-refractivity contribution is 6.09. The Morgan fingerprint density at radius 1 is 0.905 bits per heavy atom. The van der Waals surface area contributed by atoms with E-state index in [2.05, 4.69) is 33.6 Å². The fourth-order valence-electron chi connectivity index (χ4n) is 5.41. The van der Waals surface area contributed by atoms with Crippen LogP contribution in [0.25, 0.3) is 21.5 Å². The zero-order valence-electron chi connectivity index (χ0n) is 23.0. The molecule has 1 saturated heterocycles. The molecule has 0 aliphatic carbocycles. The van der Waals surface area contributed by atoms with E-state index < -0.39 is 29.7 Å². The summed E-state index contributed by atoms with van der Waals surface area (Å²) in [6.45, 7) is 3.51. The van der Waals surface area contributed by atoms with Gasteiger partial charge in [-0.25, -0.2) is 4.79 Å². The first-order valence-electron chi connectivity index (χ1n) is 13.5. The van der Waals surface area contributed by atoms with E-state index in [1.165, 1.54) is 10.8 Å². The van der Waals surface area contributed by atoms with E-state index in [-0.39, 0.29) is 18.6 Å². The van der Waals surface area contributed by atoms with Gasteiger partial charge in [0.2, 0.25) is 0 Å². The largest absolute Gasteiger partial charge is 0.394 e. The molecular weight excluding hydrogens is 530 g/mol. The Balaban J connectivity index is 1.50. The average molecular weight is 558 g/mol. The molecule has 0 amide bonds. The van der Waals surface area contributed by atoms with E-state index in [1.807, 2.05) is 74.5 Å². The summed E-state index contributed by atoms with van der Waals surface area (Å²) >= 11 is 0. The normalized spacial score (nSPS) is 18.0. The fraction of sp³-hybridized carbons (Fsp3) is 0.206. The number of H-pyrrole nitrogens is 1. The van der Waals surface area contributed by atoms with Crippen molar-refractivity contribution in [3.05, 3.63) is 121 Å². The second-order valence-corrected chi connectivity index (χ2v) is 10.3. The number of aromatic nitrogens is 3. The maximum Gasteiger partial charge on any atom is 0.330 e. The molecule has 42 heavy (non-hydrogen) atoms. The summed E-state index contributed by atoms with van der Waals surface area (Å²) in [6.07, 6.45) is -1.14. The number of aromatic amines is 1. The van der Waals surface area contributed by atoms with E-state index in [0.717, 1.165) is 49.6 Å². The van der Waals surface area contributed by atoms with Crippen LogP contribution in [-0.2, 0) is 4.74 Å². The maximum absolute atomic E-state index is 12.7. The number of aliphatic hydroxyl groups is 2. The Morgan fingerprint density at radius 3 is 1.98 bits per heavy atom. The summed E-state index contributed by atoms with van der Waals surface area (Å²) < 4.78 is 6.82. The van der Waals surface area contributed by atoms with Crippen LogP contribution < -0.4 is 11.2 Å². The highest BCUT2D eigenvalue weighted by atomic mass is 16.5. The second-order valence-electron chi connectivity index (χ2n) is 10.3. The first-order valence-corrected chi connectivity index (χ1v) is 13.5. The van der Waals surface area contributed by atoms with Crippen molar-refractivity contribution in [2.45, 2.75) is 38.7 Å². The third-order valence-corrected chi connectivity index (χ3v) is 7.33. The number of nitrogens with one attached hydrogen (secondary N) is 1. The van der Waals surface area contributed by atoms with Gasteiger partial charge in [-0.3, -0.25) is 19.3 Å². The highest BCUT2D eigenvalue weighted by Crippen LogP contribution is 2.32. The zero-order valence-corrected chi connectivity index (χ0v) is 23.0. The number of rotatable bonds is 2. The lowest BCUT2D eigenvalue weighted by Gasteiger charge is -2.14. The molecule has 2 aromatic heterocycles. The van der Waals surface area contributed by atoms with Crippen LogP contribution in [0, 0.1) is 37.5 Å². The minimum Gasteiger partial charge on any atom is -0.394 e. The van der Waals surface area contributed by atoms with Gasteiger partial charge in [-0.1, -0.05) is 72.2 Å². The van der Waals surface area contributed by atoms with Crippen LogP contribution in [0.15, 0.2) is 76.4 Å². The quantitative estimate of drug-likeness (QED) is 0.227. The molecule has 1 aliphatic heterocycles. The van der Waals surface area contributed by atoms with Gasteiger partial charge in [0.1, 0.15) is 17.9 Å². The third-order valence-electron chi connectivity index (χ3n) is 7.33. The van der Waals surface area contributed by atoms with Gasteiger partial charge in [-0.2, -0.15) is 0 Å².